The fourth-order valence-electron chi connectivity index (χ4n) is 1.81. The molecule has 0 bridgehead atoms. The molecular formula is C12H12BrCl2N3. The monoisotopic (exact) mass is 347 g/mol. The van der Waals surface area contributed by atoms with Crippen molar-refractivity contribution in [2.75, 3.05) is 0 Å². The highest BCUT2D eigenvalue weighted by Crippen LogP contribution is 2.31. The molecule has 1 aromatic carbocycles. The van der Waals surface area contributed by atoms with Crippen molar-refractivity contribution in [3.05, 3.63) is 33.5 Å². The molecule has 0 saturated carbocycles. The fraction of sp³-hybridized carbons (Fsp3) is 0.333. The second kappa shape index (κ2) is 5.59. The zero-order valence-corrected chi connectivity index (χ0v) is 13.1. The molecule has 2 aromatic rings. The van der Waals surface area contributed by atoms with E-state index in [9.17, 15) is 0 Å². The average Bonchev–Trinajstić information content (AvgIpc) is 2.75. The van der Waals surface area contributed by atoms with Gasteiger partial charge in [-0.05, 0) is 32.0 Å². The molecule has 2 rings (SSSR count). The second-order valence-electron chi connectivity index (χ2n) is 4.16. The number of hydrogen-bond donors (Lipinski definition) is 0. The Morgan fingerprint density at radius 3 is 2.67 bits per heavy atom. The molecular weight excluding hydrogens is 337 g/mol. The molecule has 0 aliphatic carbocycles. The van der Waals surface area contributed by atoms with Gasteiger partial charge in [0.2, 0.25) is 0 Å². The highest BCUT2D eigenvalue weighted by atomic mass is 79.9. The summed E-state index contributed by atoms with van der Waals surface area (Å²) in [5.74, 6) is 1.82. The Hall–Kier alpha value is -0.580. The summed E-state index contributed by atoms with van der Waals surface area (Å²) in [7, 11) is 0. The maximum Gasteiger partial charge on any atom is 0.165 e. The third-order valence-electron chi connectivity index (χ3n) is 2.57. The van der Waals surface area contributed by atoms with Crippen molar-refractivity contribution >= 4 is 39.1 Å². The van der Waals surface area contributed by atoms with Gasteiger partial charge in [0, 0.05) is 16.1 Å². The highest BCUT2D eigenvalue weighted by Gasteiger charge is 2.17. The van der Waals surface area contributed by atoms with Gasteiger partial charge in [-0.25, -0.2) is 0 Å². The van der Waals surface area contributed by atoms with E-state index in [1.165, 1.54) is 0 Å². The highest BCUT2D eigenvalue weighted by molar-refractivity contribution is 9.10. The van der Waals surface area contributed by atoms with Gasteiger partial charge in [-0.2, -0.15) is 0 Å². The van der Waals surface area contributed by atoms with E-state index in [0.717, 1.165) is 21.7 Å². The quantitative estimate of drug-likeness (QED) is 0.754. The summed E-state index contributed by atoms with van der Waals surface area (Å²) < 4.78 is 2.95. The normalized spacial score (nSPS) is 11.2. The average molecular weight is 349 g/mol. The van der Waals surface area contributed by atoms with Gasteiger partial charge < -0.3 is 4.57 Å². The fourth-order valence-corrected chi connectivity index (χ4v) is 2.56. The third-order valence-corrected chi connectivity index (χ3v) is 3.63. The van der Waals surface area contributed by atoms with E-state index in [2.05, 4.69) is 40.0 Å². The lowest BCUT2D eigenvalue weighted by molar-refractivity contribution is 0.585. The standard InChI is InChI=1S/C12H12BrCl2N3/c1-7(2)18-11(6-14)16-17-12(18)9-5-8(13)3-4-10(9)15/h3-5,7H,6H2,1-2H3. The van der Waals surface area contributed by atoms with Crippen LogP contribution >= 0.6 is 39.1 Å². The number of hydrogen-bond acceptors (Lipinski definition) is 2. The Morgan fingerprint density at radius 1 is 1.33 bits per heavy atom. The van der Waals surface area contributed by atoms with Gasteiger partial charge in [0.25, 0.3) is 0 Å². The number of halogens is 3. The van der Waals surface area contributed by atoms with E-state index in [1.54, 1.807) is 0 Å². The van der Waals surface area contributed by atoms with Crippen molar-refractivity contribution < 1.29 is 0 Å². The van der Waals surface area contributed by atoms with Crippen LogP contribution in [0.25, 0.3) is 11.4 Å². The van der Waals surface area contributed by atoms with Crippen LogP contribution in [-0.4, -0.2) is 14.8 Å². The molecule has 1 aromatic heterocycles. The van der Waals surface area contributed by atoms with Crippen LogP contribution < -0.4 is 0 Å². The van der Waals surface area contributed by atoms with Crippen LogP contribution in [0.2, 0.25) is 5.02 Å². The van der Waals surface area contributed by atoms with Crippen LogP contribution in [0.4, 0.5) is 0 Å². The molecule has 18 heavy (non-hydrogen) atoms. The largest absolute Gasteiger partial charge is 0.307 e. The zero-order chi connectivity index (χ0) is 13.3. The van der Waals surface area contributed by atoms with Crippen molar-refractivity contribution in [2.45, 2.75) is 25.8 Å². The van der Waals surface area contributed by atoms with Crippen molar-refractivity contribution in [3.8, 4) is 11.4 Å². The Labute approximate surface area is 124 Å². The van der Waals surface area contributed by atoms with E-state index in [4.69, 9.17) is 23.2 Å². The summed E-state index contributed by atoms with van der Waals surface area (Å²) in [6, 6.07) is 5.88. The summed E-state index contributed by atoms with van der Waals surface area (Å²) >= 11 is 15.5. The van der Waals surface area contributed by atoms with E-state index in [0.29, 0.717) is 10.9 Å². The molecule has 0 spiro atoms. The van der Waals surface area contributed by atoms with Crippen molar-refractivity contribution in [1.29, 1.82) is 0 Å². The first kappa shape index (κ1) is 13.8. The molecule has 96 valence electrons. The lowest BCUT2D eigenvalue weighted by Crippen LogP contribution is -2.07. The van der Waals surface area contributed by atoms with E-state index in [1.807, 2.05) is 22.8 Å². The molecule has 0 radical (unpaired) electrons. The van der Waals surface area contributed by atoms with Gasteiger partial charge in [0.1, 0.15) is 5.82 Å². The third kappa shape index (κ3) is 2.56. The summed E-state index contributed by atoms with van der Waals surface area (Å²) in [5, 5.41) is 8.96. The molecule has 0 atom stereocenters. The number of benzene rings is 1. The summed E-state index contributed by atoms with van der Waals surface area (Å²) in [6.45, 7) is 4.13. The molecule has 3 nitrogen and oxygen atoms in total. The molecule has 0 aliphatic heterocycles. The van der Waals surface area contributed by atoms with Gasteiger partial charge in [-0.1, -0.05) is 27.5 Å². The van der Waals surface area contributed by atoms with Crippen LogP contribution in [0.1, 0.15) is 25.7 Å². The summed E-state index contributed by atoms with van der Waals surface area (Å²) in [5.41, 5.74) is 0.851. The molecule has 0 amide bonds. The number of nitrogens with zero attached hydrogens (tertiary/aromatic N) is 3. The van der Waals surface area contributed by atoms with Crippen LogP contribution in [-0.2, 0) is 5.88 Å². The van der Waals surface area contributed by atoms with Crippen molar-refractivity contribution in [2.24, 2.45) is 0 Å². The van der Waals surface area contributed by atoms with Gasteiger partial charge in [0.05, 0.1) is 10.9 Å². The van der Waals surface area contributed by atoms with Crippen LogP contribution in [0.15, 0.2) is 22.7 Å². The van der Waals surface area contributed by atoms with Gasteiger partial charge in [-0.3, -0.25) is 0 Å². The summed E-state index contributed by atoms with van der Waals surface area (Å²) in [4.78, 5) is 0. The maximum absolute atomic E-state index is 6.22. The van der Waals surface area contributed by atoms with Crippen LogP contribution in [0.5, 0.6) is 0 Å². The molecule has 0 unspecified atom stereocenters. The molecule has 0 aliphatic rings. The van der Waals surface area contributed by atoms with Crippen molar-refractivity contribution in [3.63, 3.8) is 0 Å². The second-order valence-corrected chi connectivity index (χ2v) is 5.75. The van der Waals surface area contributed by atoms with E-state index in [-0.39, 0.29) is 6.04 Å². The Balaban J connectivity index is 2.63. The maximum atomic E-state index is 6.22. The van der Waals surface area contributed by atoms with E-state index >= 15 is 0 Å². The van der Waals surface area contributed by atoms with E-state index < -0.39 is 0 Å². The van der Waals surface area contributed by atoms with Gasteiger partial charge in [-0.15, -0.1) is 21.8 Å². The SMILES string of the molecule is CC(C)n1c(CCl)nnc1-c1cc(Br)ccc1Cl. The van der Waals surface area contributed by atoms with Crippen LogP contribution in [0.3, 0.4) is 0 Å². The topological polar surface area (TPSA) is 30.7 Å². The zero-order valence-electron chi connectivity index (χ0n) is 9.99. The van der Waals surface area contributed by atoms with Crippen LogP contribution in [0, 0.1) is 0 Å². The summed E-state index contributed by atoms with van der Waals surface area (Å²) in [6.07, 6.45) is 0. The molecule has 0 fully saturated rings. The Kier molecular flexibility index (Phi) is 4.30. The minimum absolute atomic E-state index is 0.221. The smallest absolute Gasteiger partial charge is 0.165 e. The predicted octanol–water partition coefficient (Wildman–Crippen LogP) is 4.68. The molecule has 0 saturated heterocycles. The lowest BCUT2D eigenvalue weighted by atomic mass is 10.2. The number of aromatic nitrogens is 3. The first-order valence-corrected chi connectivity index (χ1v) is 7.20. The van der Waals surface area contributed by atoms with Crippen molar-refractivity contribution in [1.82, 2.24) is 14.8 Å². The number of rotatable bonds is 3. The van der Waals surface area contributed by atoms with Gasteiger partial charge in [0.15, 0.2) is 5.82 Å². The Morgan fingerprint density at radius 2 is 2.06 bits per heavy atom. The molecule has 0 N–H and O–H groups in total. The predicted molar refractivity (Wildman–Crippen MR) is 78.1 cm³/mol. The molecule has 6 heteroatoms. The minimum Gasteiger partial charge on any atom is -0.307 e. The lowest BCUT2D eigenvalue weighted by Gasteiger charge is -2.13. The minimum atomic E-state index is 0.221. The molecule has 1 heterocycles. The Bertz CT molecular complexity index is 566. The van der Waals surface area contributed by atoms with Gasteiger partial charge >= 0.3 is 0 Å². The first-order chi connectivity index (χ1) is 8.54. The number of alkyl halides is 1. The first-order valence-electron chi connectivity index (χ1n) is 5.49.